The zero-order chi connectivity index (χ0) is 25.9. The summed E-state index contributed by atoms with van der Waals surface area (Å²) in [6, 6.07) is 0. The molecule has 4 heteroatoms. The van der Waals surface area contributed by atoms with Crippen LogP contribution >= 0.6 is 0 Å². The molecule has 0 aromatic rings. The van der Waals surface area contributed by atoms with Crippen molar-refractivity contribution < 1.29 is 18.9 Å². The second-order valence-corrected chi connectivity index (χ2v) is 11.4. The molecule has 4 unspecified atom stereocenters. The van der Waals surface area contributed by atoms with Crippen molar-refractivity contribution in [3.8, 4) is 0 Å². The van der Waals surface area contributed by atoms with Crippen LogP contribution in [0.4, 0.5) is 0 Å². The summed E-state index contributed by atoms with van der Waals surface area (Å²) in [6.45, 7) is 22.4. The van der Waals surface area contributed by atoms with Crippen LogP contribution in [0.2, 0.25) is 0 Å². The van der Waals surface area contributed by atoms with Crippen LogP contribution in [0.25, 0.3) is 0 Å². The van der Waals surface area contributed by atoms with Crippen LogP contribution in [-0.4, -0.2) is 38.0 Å². The minimum atomic E-state index is -0.357. The molecule has 0 aromatic heterocycles. The Hall–Kier alpha value is -0.420. The fourth-order valence-electron chi connectivity index (χ4n) is 8.94. The second-order valence-electron chi connectivity index (χ2n) is 11.4. The predicted octanol–water partition coefficient (Wildman–Crippen LogP) is 8.15. The predicted molar refractivity (Wildman–Crippen MR) is 144 cm³/mol. The maximum Gasteiger partial charge on any atom is 0.172 e. The molecule has 6 aliphatic rings. The van der Waals surface area contributed by atoms with Gasteiger partial charge in [0.1, 0.15) is 0 Å². The summed E-state index contributed by atoms with van der Waals surface area (Å²) in [7, 11) is 0. The summed E-state index contributed by atoms with van der Waals surface area (Å²) in [5.41, 5.74) is 2.34. The number of allylic oxidation sites excluding steroid dienone is 1. The standard InChI is InChI=1S/C25H38O4.3C2H6/c1-22-10-11-25(28-14-15-29-25)16-17(22)4-5-18-19-6-7-21(24(3)26-12-13-27-24)23(19,2)9-8-20(18)22;3*1-2/h4,18-21H,5-16H2,1-3H3;3*1-2H3/t18?,19-,20-,21?,22?,23?;;;/m0.../s1. The Bertz CT molecular complexity index is 705. The molecule has 204 valence electrons. The average Bonchev–Trinajstić information content (AvgIpc) is 3.62. The monoisotopic (exact) mass is 492 g/mol. The maximum atomic E-state index is 6.17. The van der Waals surface area contributed by atoms with Crippen molar-refractivity contribution in [3.63, 3.8) is 0 Å². The molecule has 0 amide bonds. The highest BCUT2D eigenvalue weighted by atomic mass is 16.7. The first-order valence-electron chi connectivity index (χ1n) is 15.1. The van der Waals surface area contributed by atoms with E-state index in [0.717, 1.165) is 57.0 Å². The number of fused-ring (bicyclic) bond motifs is 5. The van der Waals surface area contributed by atoms with Gasteiger partial charge in [-0.05, 0) is 74.0 Å². The largest absolute Gasteiger partial charge is 0.348 e. The SMILES string of the molecule is CC.CC.CC.CC1(C2CC[C@H]3C4CC=C5CC6(CCC5(C)[C@H]4CCC23C)OCCO6)OCCO1. The molecule has 6 atom stereocenters. The Balaban J connectivity index is 0.000000533. The van der Waals surface area contributed by atoms with E-state index >= 15 is 0 Å². The number of rotatable bonds is 1. The molecule has 0 aromatic carbocycles. The summed E-state index contributed by atoms with van der Waals surface area (Å²) >= 11 is 0. The van der Waals surface area contributed by atoms with Gasteiger partial charge < -0.3 is 18.9 Å². The van der Waals surface area contributed by atoms with Crippen LogP contribution < -0.4 is 0 Å². The van der Waals surface area contributed by atoms with Gasteiger partial charge in [0.2, 0.25) is 0 Å². The third-order valence-electron chi connectivity index (χ3n) is 10.4. The Morgan fingerprint density at radius 3 is 1.91 bits per heavy atom. The van der Waals surface area contributed by atoms with Crippen molar-refractivity contribution in [1.82, 2.24) is 0 Å². The third kappa shape index (κ3) is 4.79. The minimum Gasteiger partial charge on any atom is -0.348 e. The summed E-state index contributed by atoms with van der Waals surface area (Å²) in [5.74, 6) is 2.32. The molecule has 0 radical (unpaired) electrons. The summed E-state index contributed by atoms with van der Waals surface area (Å²) in [5, 5.41) is 0. The molecule has 2 saturated heterocycles. The van der Waals surface area contributed by atoms with Gasteiger partial charge in [-0.2, -0.15) is 0 Å². The quantitative estimate of drug-likeness (QED) is 0.346. The van der Waals surface area contributed by atoms with E-state index in [-0.39, 0.29) is 11.6 Å². The molecule has 0 bridgehead atoms. The lowest BCUT2D eigenvalue weighted by atomic mass is 9.47. The minimum absolute atomic E-state index is 0.300. The summed E-state index contributed by atoms with van der Waals surface area (Å²) in [6.07, 6.45) is 12.4. The first-order valence-corrected chi connectivity index (χ1v) is 15.1. The van der Waals surface area contributed by atoms with Crippen molar-refractivity contribution >= 4 is 0 Å². The molecule has 4 aliphatic carbocycles. The lowest BCUT2D eigenvalue weighted by molar-refractivity contribution is -0.216. The lowest BCUT2D eigenvalue weighted by Crippen LogP contribution is -2.54. The van der Waals surface area contributed by atoms with Gasteiger partial charge >= 0.3 is 0 Å². The van der Waals surface area contributed by atoms with Gasteiger partial charge in [-0.1, -0.05) is 67.0 Å². The number of hydrogen-bond donors (Lipinski definition) is 0. The van der Waals surface area contributed by atoms with E-state index in [9.17, 15) is 0 Å². The van der Waals surface area contributed by atoms with Crippen LogP contribution in [0.1, 0.15) is 114 Å². The second kappa shape index (κ2) is 11.5. The fourth-order valence-corrected chi connectivity index (χ4v) is 8.94. The molecule has 5 fully saturated rings. The van der Waals surface area contributed by atoms with Crippen molar-refractivity contribution in [2.24, 2.45) is 34.5 Å². The van der Waals surface area contributed by atoms with Crippen molar-refractivity contribution in [2.45, 2.75) is 125 Å². The maximum absolute atomic E-state index is 6.17. The molecule has 4 nitrogen and oxygen atoms in total. The van der Waals surface area contributed by atoms with E-state index in [0.29, 0.717) is 16.7 Å². The molecule has 2 heterocycles. The van der Waals surface area contributed by atoms with E-state index in [2.05, 4.69) is 26.8 Å². The van der Waals surface area contributed by atoms with Gasteiger partial charge in [0.25, 0.3) is 0 Å². The van der Waals surface area contributed by atoms with Crippen molar-refractivity contribution in [2.75, 3.05) is 26.4 Å². The topological polar surface area (TPSA) is 36.9 Å². The molecular formula is C31H56O4. The van der Waals surface area contributed by atoms with Gasteiger partial charge in [-0.3, -0.25) is 0 Å². The van der Waals surface area contributed by atoms with E-state index in [4.69, 9.17) is 18.9 Å². The van der Waals surface area contributed by atoms with Crippen LogP contribution in [-0.2, 0) is 18.9 Å². The highest BCUT2D eigenvalue weighted by molar-refractivity contribution is 5.27. The van der Waals surface area contributed by atoms with E-state index in [1.54, 1.807) is 5.57 Å². The molecule has 3 saturated carbocycles. The average molecular weight is 493 g/mol. The first kappa shape index (κ1) is 29.1. The van der Waals surface area contributed by atoms with Gasteiger partial charge in [0.05, 0.1) is 26.4 Å². The van der Waals surface area contributed by atoms with Crippen molar-refractivity contribution in [3.05, 3.63) is 11.6 Å². The van der Waals surface area contributed by atoms with Gasteiger partial charge in [0, 0.05) is 18.8 Å². The van der Waals surface area contributed by atoms with E-state index < -0.39 is 0 Å². The highest BCUT2D eigenvalue weighted by Gasteiger charge is 2.63. The molecule has 0 N–H and O–H groups in total. The number of ether oxygens (including phenoxy) is 4. The van der Waals surface area contributed by atoms with Gasteiger partial charge in [-0.25, -0.2) is 0 Å². The van der Waals surface area contributed by atoms with Crippen molar-refractivity contribution in [1.29, 1.82) is 0 Å². The number of hydrogen-bond acceptors (Lipinski definition) is 4. The Morgan fingerprint density at radius 2 is 1.29 bits per heavy atom. The fraction of sp³-hybridized carbons (Fsp3) is 0.935. The Kier molecular flexibility index (Phi) is 9.61. The van der Waals surface area contributed by atoms with E-state index in [1.165, 1.54) is 38.5 Å². The third-order valence-corrected chi connectivity index (χ3v) is 10.4. The zero-order valence-corrected chi connectivity index (χ0v) is 24.5. The highest BCUT2D eigenvalue weighted by Crippen LogP contribution is 2.68. The van der Waals surface area contributed by atoms with Crippen LogP contribution in [0.15, 0.2) is 11.6 Å². The normalized spacial score (nSPS) is 42.0. The molecule has 1 spiro atoms. The Labute approximate surface area is 216 Å². The molecule has 35 heavy (non-hydrogen) atoms. The van der Waals surface area contributed by atoms with Crippen LogP contribution in [0.3, 0.4) is 0 Å². The molecular weight excluding hydrogens is 436 g/mol. The summed E-state index contributed by atoms with van der Waals surface area (Å²) in [4.78, 5) is 0. The van der Waals surface area contributed by atoms with Crippen LogP contribution in [0.5, 0.6) is 0 Å². The van der Waals surface area contributed by atoms with Gasteiger partial charge in [0.15, 0.2) is 11.6 Å². The molecule has 6 rings (SSSR count). The zero-order valence-electron chi connectivity index (χ0n) is 24.5. The first-order chi connectivity index (χ1) is 16.9. The van der Waals surface area contributed by atoms with Gasteiger partial charge in [-0.15, -0.1) is 0 Å². The molecule has 2 aliphatic heterocycles. The lowest BCUT2D eigenvalue weighted by Gasteiger charge is -2.59. The van der Waals surface area contributed by atoms with Crippen LogP contribution in [0, 0.1) is 34.5 Å². The summed E-state index contributed by atoms with van der Waals surface area (Å²) < 4.78 is 24.5. The Morgan fingerprint density at radius 1 is 0.686 bits per heavy atom. The van der Waals surface area contributed by atoms with E-state index in [1.807, 2.05) is 41.5 Å². The smallest absolute Gasteiger partial charge is 0.172 e.